The Morgan fingerprint density at radius 3 is 2.30 bits per heavy atom. The molecule has 0 bridgehead atoms. The quantitative estimate of drug-likeness (QED) is 0.282. The molecule has 1 aliphatic carbocycles. The zero-order valence-electron chi connectivity index (χ0n) is 18.6. The standard InChI is InChI=1S/C31H23NS/c1-31(2)26-12-6-5-10-22(26)25-18-20(15-17-27(25)31)32-28-13-7-11-23-24-16-14-19-8-3-4-9-21(19)29(24)33-30(23)28/h3-18,32H,1-2H3. The lowest BCUT2D eigenvalue weighted by atomic mass is 9.82. The maximum absolute atomic E-state index is 3.75. The molecule has 33 heavy (non-hydrogen) atoms. The van der Waals surface area contributed by atoms with Crippen LogP contribution in [0.1, 0.15) is 25.0 Å². The van der Waals surface area contributed by atoms with Gasteiger partial charge in [0, 0.05) is 26.6 Å². The molecule has 1 nitrogen and oxygen atoms in total. The molecule has 7 rings (SSSR count). The van der Waals surface area contributed by atoms with Crippen molar-refractivity contribution in [2.45, 2.75) is 19.3 Å². The van der Waals surface area contributed by atoms with Crippen molar-refractivity contribution in [3.05, 3.63) is 108 Å². The number of nitrogens with one attached hydrogen (secondary N) is 1. The molecule has 0 fully saturated rings. The summed E-state index contributed by atoms with van der Waals surface area (Å²) < 4.78 is 2.67. The van der Waals surface area contributed by atoms with Gasteiger partial charge in [0.25, 0.3) is 0 Å². The number of rotatable bonds is 2. The molecule has 0 amide bonds. The molecule has 1 N–H and O–H groups in total. The zero-order valence-corrected chi connectivity index (χ0v) is 19.5. The number of benzene rings is 5. The maximum Gasteiger partial charge on any atom is 0.0590 e. The molecule has 0 aliphatic heterocycles. The van der Waals surface area contributed by atoms with E-state index in [1.165, 1.54) is 58.9 Å². The van der Waals surface area contributed by atoms with Crippen molar-refractivity contribution in [2.24, 2.45) is 0 Å². The van der Waals surface area contributed by atoms with Crippen LogP contribution >= 0.6 is 11.3 Å². The van der Waals surface area contributed by atoms with Gasteiger partial charge in [0.2, 0.25) is 0 Å². The van der Waals surface area contributed by atoms with Gasteiger partial charge in [0.15, 0.2) is 0 Å². The molecular formula is C31H23NS. The van der Waals surface area contributed by atoms with Crippen molar-refractivity contribution in [1.29, 1.82) is 0 Å². The molecule has 1 heterocycles. The molecule has 0 radical (unpaired) electrons. The van der Waals surface area contributed by atoms with E-state index in [1.54, 1.807) is 0 Å². The molecule has 1 aliphatic rings. The monoisotopic (exact) mass is 441 g/mol. The number of anilines is 2. The van der Waals surface area contributed by atoms with Crippen LogP contribution in [-0.2, 0) is 5.41 Å². The van der Waals surface area contributed by atoms with Crippen molar-refractivity contribution >= 4 is 53.7 Å². The Morgan fingerprint density at radius 2 is 1.36 bits per heavy atom. The normalized spacial score (nSPS) is 14.0. The fourth-order valence-electron chi connectivity index (χ4n) is 5.58. The van der Waals surface area contributed by atoms with Gasteiger partial charge in [-0.15, -0.1) is 11.3 Å². The molecule has 1 aromatic heterocycles. The Hall–Kier alpha value is -3.62. The Labute approximate surface area is 197 Å². The lowest BCUT2D eigenvalue weighted by Crippen LogP contribution is -2.14. The second-order valence-electron chi connectivity index (χ2n) is 9.50. The summed E-state index contributed by atoms with van der Waals surface area (Å²) in [5.74, 6) is 0. The first-order valence-electron chi connectivity index (χ1n) is 11.5. The van der Waals surface area contributed by atoms with Gasteiger partial charge in [-0.1, -0.05) is 92.7 Å². The van der Waals surface area contributed by atoms with Gasteiger partial charge < -0.3 is 5.32 Å². The van der Waals surface area contributed by atoms with Gasteiger partial charge >= 0.3 is 0 Å². The van der Waals surface area contributed by atoms with Gasteiger partial charge in [-0.05, 0) is 51.2 Å². The molecule has 0 spiro atoms. The Bertz CT molecular complexity index is 1720. The number of hydrogen-bond donors (Lipinski definition) is 1. The molecule has 158 valence electrons. The first-order valence-corrected chi connectivity index (χ1v) is 12.3. The average Bonchev–Trinajstić information content (AvgIpc) is 3.34. The van der Waals surface area contributed by atoms with Crippen molar-refractivity contribution in [3.63, 3.8) is 0 Å². The molecule has 0 saturated carbocycles. The fourth-order valence-corrected chi connectivity index (χ4v) is 6.88. The smallest absolute Gasteiger partial charge is 0.0590 e. The molecule has 5 aromatic carbocycles. The van der Waals surface area contributed by atoms with Crippen molar-refractivity contribution in [3.8, 4) is 11.1 Å². The lowest BCUT2D eigenvalue weighted by molar-refractivity contribution is 0.660. The highest BCUT2D eigenvalue weighted by Crippen LogP contribution is 2.49. The van der Waals surface area contributed by atoms with Crippen LogP contribution in [-0.4, -0.2) is 0 Å². The summed E-state index contributed by atoms with van der Waals surface area (Å²) in [6, 6.07) is 35.5. The summed E-state index contributed by atoms with van der Waals surface area (Å²) in [5.41, 5.74) is 7.86. The minimum absolute atomic E-state index is 0.0387. The third kappa shape index (κ3) is 2.65. The van der Waals surface area contributed by atoms with E-state index in [0.717, 1.165) is 5.69 Å². The highest BCUT2D eigenvalue weighted by atomic mass is 32.1. The Balaban J connectivity index is 1.38. The topological polar surface area (TPSA) is 12.0 Å². The summed E-state index contributed by atoms with van der Waals surface area (Å²) in [6.07, 6.45) is 0. The van der Waals surface area contributed by atoms with Gasteiger partial charge in [0.05, 0.1) is 10.4 Å². The zero-order chi connectivity index (χ0) is 22.2. The van der Waals surface area contributed by atoms with E-state index in [1.807, 2.05) is 11.3 Å². The SMILES string of the molecule is CC1(C)c2ccccc2-c2cc(Nc3cccc4c3sc3c5ccccc5ccc43)ccc21. The Kier molecular flexibility index (Phi) is 3.83. The molecule has 0 saturated heterocycles. The van der Waals surface area contributed by atoms with Crippen molar-refractivity contribution in [1.82, 2.24) is 0 Å². The summed E-state index contributed by atoms with van der Waals surface area (Å²) >= 11 is 1.89. The van der Waals surface area contributed by atoms with E-state index in [9.17, 15) is 0 Å². The summed E-state index contributed by atoms with van der Waals surface area (Å²) in [4.78, 5) is 0. The van der Waals surface area contributed by atoms with Crippen LogP contribution in [0.25, 0.3) is 42.1 Å². The largest absolute Gasteiger partial charge is 0.354 e. The molecule has 0 atom stereocenters. The van der Waals surface area contributed by atoms with E-state index in [4.69, 9.17) is 0 Å². The lowest BCUT2D eigenvalue weighted by Gasteiger charge is -2.21. The van der Waals surface area contributed by atoms with Crippen LogP contribution in [0.2, 0.25) is 0 Å². The third-order valence-corrected chi connectivity index (χ3v) is 8.54. The van der Waals surface area contributed by atoms with Gasteiger partial charge in [-0.25, -0.2) is 0 Å². The van der Waals surface area contributed by atoms with Crippen LogP contribution in [0, 0.1) is 0 Å². The van der Waals surface area contributed by atoms with E-state index in [2.05, 4.69) is 116 Å². The van der Waals surface area contributed by atoms with E-state index in [-0.39, 0.29) is 5.41 Å². The predicted molar refractivity (Wildman–Crippen MR) is 144 cm³/mol. The summed E-state index contributed by atoms with van der Waals surface area (Å²) in [6.45, 7) is 4.65. The third-order valence-electron chi connectivity index (χ3n) is 7.25. The van der Waals surface area contributed by atoms with Crippen LogP contribution in [0.4, 0.5) is 11.4 Å². The minimum Gasteiger partial charge on any atom is -0.354 e. The Morgan fingerprint density at radius 1 is 0.606 bits per heavy atom. The first kappa shape index (κ1) is 18.9. The highest BCUT2D eigenvalue weighted by molar-refractivity contribution is 7.27. The molecule has 2 heteroatoms. The number of fused-ring (bicyclic) bond motifs is 8. The fraction of sp³-hybridized carbons (Fsp3) is 0.0968. The van der Waals surface area contributed by atoms with E-state index < -0.39 is 0 Å². The van der Waals surface area contributed by atoms with Gasteiger partial charge in [0.1, 0.15) is 0 Å². The second kappa shape index (κ2) is 6.69. The average molecular weight is 442 g/mol. The van der Waals surface area contributed by atoms with Crippen LogP contribution < -0.4 is 5.32 Å². The number of thiophene rings is 1. The molecular weight excluding hydrogens is 418 g/mol. The minimum atomic E-state index is 0.0387. The van der Waals surface area contributed by atoms with Crippen molar-refractivity contribution < 1.29 is 0 Å². The van der Waals surface area contributed by atoms with E-state index in [0.29, 0.717) is 0 Å². The molecule has 6 aromatic rings. The number of hydrogen-bond acceptors (Lipinski definition) is 2. The van der Waals surface area contributed by atoms with Crippen molar-refractivity contribution in [2.75, 3.05) is 5.32 Å². The van der Waals surface area contributed by atoms with Gasteiger partial charge in [-0.3, -0.25) is 0 Å². The maximum atomic E-state index is 3.75. The van der Waals surface area contributed by atoms with Crippen LogP contribution in [0.15, 0.2) is 97.1 Å². The second-order valence-corrected chi connectivity index (χ2v) is 10.5. The summed E-state index contributed by atoms with van der Waals surface area (Å²) in [7, 11) is 0. The summed E-state index contributed by atoms with van der Waals surface area (Å²) in [5, 5.41) is 9.04. The van der Waals surface area contributed by atoms with E-state index >= 15 is 0 Å². The highest BCUT2D eigenvalue weighted by Gasteiger charge is 2.35. The van der Waals surface area contributed by atoms with Gasteiger partial charge in [-0.2, -0.15) is 0 Å². The van der Waals surface area contributed by atoms with Crippen LogP contribution in [0.5, 0.6) is 0 Å². The van der Waals surface area contributed by atoms with Crippen LogP contribution in [0.3, 0.4) is 0 Å². The first-order chi connectivity index (χ1) is 16.1. The molecule has 0 unspecified atom stereocenters. The predicted octanol–water partition coefficient (Wildman–Crippen LogP) is 9.26.